The average Bonchev–Trinajstić information content (AvgIpc) is 3.25. The van der Waals surface area contributed by atoms with Crippen molar-refractivity contribution in [2.75, 3.05) is 33.2 Å². The van der Waals surface area contributed by atoms with Gasteiger partial charge in [0.25, 0.3) is 0 Å². The van der Waals surface area contributed by atoms with Crippen molar-refractivity contribution >= 4 is 16.9 Å². The topological polar surface area (TPSA) is 55.4 Å². The number of hydrogen-bond acceptors (Lipinski definition) is 2. The molecule has 3 rings (SSSR count). The maximum Gasteiger partial charge on any atom is 0.191 e. The number of nitrogens with one attached hydrogen (secondary N) is 3. The van der Waals surface area contributed by atoms with Crippen LogP contribution in [0.1, 0.15) is 30.9 Å². The van der Waals surface area contributed by atoms with Gasteiger partial charge in [-0.15, -0.1) is 0 Å². The molecule has 1 aliphatic rings. The van der Waals surface area contributed by atoms with Gasteiger partial charge in [-0.05, 0) is 56.5 Å². The van der Waals surface area contributed by atoms with E-state index in [1.54, 1.807) is 0 Å². The second-order valence-electron chi connectivity index (χ2n) is 6.87. The number of nitrogens with zero attached hydrogens (tertiary/aromatic N) is 2. The van der Waals surface area contributed by atoms with Crippen molar-refractivity contribution in [1.82, 2.24) is 20.5 Å². The molecule has 0 radical (unpaired) electrons. The van der Waals surface area contributed by atoms with Gasteiger partial charge in [-0.25, -0.2) is 0 Å². The highest BCUT2D eigenvalue weighted by atomic mass is 15.2. The molecule has 0 amide bonds. The predicted molar refractivity (Wildman–Crippen MR) is 106 cm³/mol. The van der Waals surface area contributed by atoms with Gasteiger partial charge < -0.3 is 15.6 Å². The number of fused-ring (bicyclic) bond motifs is 1. The molecule has 1 unspecified atom stereocenters. The molecule has 2 heterocycles. The van der Waals surface area contributed by atoms with E-state index < -0.39 is 0 Å². The van der Waals surface area contributed by atoms with E-state index in [1.807, 2.05) is 7.05 Å². The Morgan fingerprint density at radius 1 is 1.36 bits per heavy atom. The number of aryl methyl sites for hydroxylation is 1. The quantitative estimate of drug-likeness (QED) is 0.559. The summed E-state index contributed by atoms with van der Waals surface area (Å²) in [5, 5.41) is 8.31. The van der Waals surface area contributed by atoms with Crippen LogP contribution in [0.15, 0.2) is 29.4 Å². The summed E-state index contributed by atoms with van der Waals surface area (Å²) >= 11 is 0. The van der Waals surface area contributed by atoms with Crippen LogP contribution >= 0.6 is 0 Å². The molecule has 25 heavy (non-hydrogen) atoms. The Balaban J connectivity index is 1.50. The van der Waals surface area contributed by atoms with E-state index in [1.165, 1.54) is 41.4 Å². The van der Waals surface area contributed by atoms with Gasteiger partial charge >= 0.3 is 0 Å². The highest BCUT2D eigenvalue weighted by Gasteiger charge is 2.22. The van der Waals surface area contributed by atoms with Crippen molar-refractivity contribution in [3.63, 3.8) is 0 Å². The summed E-state index contributed by atoms with van der Waals surface area (Å²) in [5.74, 6) is 0.902. The van der Waals surface area contributed by atoms with Crippen molar-refractivity contribution in [2.24, 2.45) is 4.99 Å². The Hall–Kier alpha value is -2.01. The van der Waals surface area contributed by atoms with E-state index in [4.69, 9.17) is 0 Å². The van der Waals surface area contributed by atoms with Gasteiger partial charge in [0.15, 0.2) is 5.96 Å². The largest absolute Gasteiger partial charge is 0.361 e. The molecule has 0 saturated carbocycles. The Kier molecular flexibility index (Phi) is 5.97. The number of likely N-dealkylation sites (N-methyl/N-ethyl adjacent to an activating group) is 1. The minimum atomic E-state index is 0.639. The molecule has 0 aliphatic carbocycles. The second kappa shape index (κ2) is 8.39. The van der Waals surface area contributed by atoms with Crippen molar-refractivity contribution in [1.29, 1.82) is 0 Å². The number of H-pyrrole nitrogens is 1. The summed E-state index contributed by atoms with van der Waals surface area (Å²) in [4.78, 5) is 10.3. The third-order valence-electron chi connectivity index (χ3n) is 5.32. The predicted octanol–water partition coefficient (Wildman–Crippen LogP) is 2.67. The van der Waals surface area contributed by atoms with E-state index in [0.717, 1.165) is 32.0 Å². The van der Waals surface area contributed by atoms with Crippen molar-refractivity contribution in [3.05, 3.63) is 35.5 Å². The van der Waals surface area contributed by atoms with Crippen molar-refractivity contribution in [3.8, 4) is 0 Å². The molecular formula is C20H31N5. The van der Waals surface area contributed by atoms with Crippen molar-refractivity contribution < 1.29 is 0 Å². The van der Waals surface area contributed by atoms with Gasteiger partial charge in [-0.2, -0.15) is 0 Å². The second-order valence-corrected chi connectivity index (χ2v) is 6.87. The van der Waals surface area contributed by atoms with E-state index in [-0.39, 0.29) is 0 Å². The molecular weight excluding hydrogens is 310 g/mol. The highest BCUT2D eigenvalue weighted by Crippen LogP contribution is 2.22. The smallest absolute Gasteiger partial charge is 0.191 e. The normalized spacial score (nSPS) is 18.8. The Bertz CT molecular complexity index is 718. The minimum Gasteiger partial charge on any atom is -0.361 e. The van der Waals surface area contributed by atoms with Gasteiger partial charge in [0.2, 0.25) is 0 Å². The lowest BCUT2D eigenvalue weighted by atomic mass is 10.1. The fourth-order valence-corrected chi connectivity index (χ4v) is 3.94. The first-order chi connectivity index (χ1) is 12.2. The van der Waals surface area contributed by atoms with E-state index in [2.05, 4.69) is 63.8 Å². The zero-order chi connectivity index (χ0) is 17.6. The number of likely N-dealkylation sites (tertiary alicyclic amines) is 1. The first kappa shape index (κ1) is 17.8. The standard InChI is InChI=1S/C20H31N5/c1-4-25-12-6-8-17(25)14-24-20(21-3)22-11-10-16-13-23-18-9-5-7-15(2)19(16)18/h5,7,9,13,17,23H,4,6,8,10-12,14H2,1-3H3,(H2,21,22,24). The molecule has 2 aromatic rings. The number of rotatable bonds is 6. The maximum absolute atomic E-state index is 4.37. The van der Waals surface area contributed by atoms with Crippen LogP contribution in [0.2, 0.25) is 0 Å². The lowest BCUT2D eigenvalue weighted by molar-refractivity contribution is 0.267. The molecule has 5 heteroatoms. The average molecular weight is 342 g/mol. The van der Waals surface area contributed by atoms with Gasteiger partial charge in [0, 0.05) is 43.3 Å². The molecule has 1 aromatic heterocycles. The van der Waals surface area contributed by atoms with Crippen LogP contribution in [-0.2, 0) is 6.42 Å². The molecule has 1 atom stereocenters. The van der Waals surface area contributed by atoms with E-state index in [9.17, 15) is 0 Å². The van der Waals surface area contributed by atoms with Crippen LogP contribution in [0.4, 0.5) is 0 Å². The number of aliphatic imine (C=N–C) groups is 1. The SMILES string of the molecule is CCN1CCCC1CNC(=NC)NCCc1c[nH]c2cccc(C)c12. The Morgan fingerprint density at radius 3 is 3.04 bits per heavy atom. The molecule has 0 spiro atoms. The van der Waals surface area contributed by atoms with Crippen LogP contribution in [0.3, 0.4) is 0 Å². The molecule has 1 aromatic carbocycles. The monoisotopic (exact) mass is 341 g/mol. The van der Waals surface area contributed by atoms with Crippen LogP contribution in [0.5, 0.6) is 0 Å². The fraction of sp³-hybridized carbons (Fsp3) is 0.550. The summed E-state index contributed by atoms with van der Waals surface area (Å²) in [7, 11) is 1.84. The number of aromatic amines is 1. The number of hydrogen-bond donors (Lipinski definition) is 3. The fourth-order valence-electron chi connectivity index (χ4n) is 3.94. The van der Waals surface area contributed by atoms with Crippen LogP contribution < -0.4 is 10.6 Å². The van der Waals surface area contributed by atoms with Crippen molar-refractivity contribution in [2.45, 2.75) is 39.2 Å². The number of guanidine groups is 1. The van der Waals surface area contributed by atoms with Gasteiger partial charge in [-0.3, -0.25) is 9.89 Å². The molecule has 1 aliphatic heterocycles. The van der Waals surface area contributed by atoms with Crippen LogP contribution in [0.25, 0.3) is 10.9 Å². The van der Waals surface area contributed by atoms with Crippen LogP contribution in [0, 0.1) is 6.92 Å². The molecule has 5 nitrogen and oxygen atoms in total. The zero-order valence-electron chi connectivity index (χ0n) is 15.7. The van der Waals surface area contributed by atoms with Gasteiger partial charge in [0.05, 0.1) is 0 Å². The first-order valence-electron chi connectivity index (χ1n) is 9.47. The first-order valence-corrected chi connectivity index (χ1v) is 9.47. The molecule has 1 saturated heterocycles. The molecule has 136 valence electrons. The number of aromatic nitrogens is 1. The zero-order valence-corrected chi connectivity index (χ0v) is 15.7. The summed E-state index contributed by atoms with van der Waals surface area (Å²) in [5.41, 5.74) is 3.92. The van der Waals surface area contributed by atoms with Crippen LogP contribution in [-0.4, -0.2) is 55.1 Å². The van der Waals surface area contributed by atoms with Gasteiger partial charge in [-0.1, -0.05) is 19.1 Å². The third-order valence-corrected chi connectivity index (χ3v) is 5.32. The van der Waals surface area contributed by atoms with Gasteiger partial charge in [0.1, 0.15) is 0 Å². The Morgan fingerprint density at radius 2 is 2.24 bits per heavy atom. The third kappa shape index (κ3) is 4.15. The molecule has 1 fully saturated rings. The summed E-state index contributed by atoms with van der Waals surface area (Å²) in [6, 6.07) is 7.06. The highest BCUT2D eigenvalue weighted by molar-refractivity contribution is 5.86. The summed E-state index contributed by atoms with van der Waals surface area (Å²) in [6.45, 7) is 8.64. The lowest BCUT2D eigenvalue weighted by Gasteiger charge is -2.24. The number of benzene rings is 1. The minimum absolute atomic E-state index is 0.639. The maximum atomic E-state index is 4.37. The Labute approximate surface area is 150 Å². The molecule has 3 N–H and O–H groups in total. The van der Waals surface area contributed by atoms with E-state index >= 15 is 0 Å². The molecule has 0 bridgehead atoms. The van der Waals surface area contributed by atoms with E-state index in [0.29, 0.717) is 6.04 Å². The summed E-state index contributed by atoms with van der Waals surface area (Å²) in [6.07, 6.45) is 5.71. The summed E-state index contributed by atoms with van der Waals surface area (Å²) < 4.78 is 0. The lowest BCUT2D eigenvalue weighted by Crippen LogP contribution is -2.45.